The third-order valence-corrected chi connectivity index (χ3v) is 3.40. The van der Waals surface area contributed by atoms with Crippen LogP contribution in [0.2, 0.25) is 0 Å². The molecule has 1 aliphatic rings. The maximum Gasteiger partial charge on any atom is 0.219 e. The lowest BCUT2D eigenvalue weighted by Gasteiger charge is -2.25. The summed E-state index contributed by atoms with van der Waals surface area (Å²) in [5.41, 5.74) is 0. The van der Waals surface area contributed by atoms with Gasteiger partial charge in [0.05, 0.1) is 11.5 Å². The molecule has 1 fully saturated rings. The molecule has 0 N–H and O–H groups in total. The Labute approximate surface area is 66.1 Å². The minimum Gasteiger partial charge on any atom is -0.341 e. The molecule has 1 aliphatic heterocycles. The van der Waals surface area contributed by atoms with Crippen LogP contribution in [-0.2, 0) is 14.6 Å². The first-order chi connectivity index (χ1) is 5.01. The summed E-state index contributed by atoms with van der Waals surface area (Å²) in [5.74, 6) is 0.194. The number of nitrogens with zero attached hydrogens (tertiary/aromatic N) is 1. The highest BCUT2D eigenvalue weighted by Gasteiger charge is 2.22. The van der Waals surface area contributed by atoms with Gasteiger partial charge in [-0.1, -0.05) is 0 Å². The van der Waals surface area contributed by atoms with E-state index in [2.05, 4.69) is 0 Å². The van der Waals surface area contributed by atoms with Gasteiger partial charge in [0.2, 0.25) is 5.91 Å². The Hall–Kier alpha value is -0.580. The van der Waals surface area contributed by atoms with E-state index < -0.39 is 9.84 Å². The van der Waals surface area contributed by atoms with Crippen molar-refractivity contribution in [3.63, 3.8) is 0 Å². The molecule has 4 nitrogen and oxygen atoms in total. The second-order valence-corrected chi connectivity index (χ2v) is 4.96. The van der Waals surface area contributed by atoms with Gasteiger partial charge in [-0.25, -0.2) is 8.42 Å². The Balaban J connectivity index is 2.56. The van der Waals surface area contributed by atoms with Crippen LogP contribution in [0.4, 0.5) is 0 Å². The van der Waals surface area contributed by atoms with E-state index in [-0.39, 0.29) is 17.4 Å². The van der Waals surface area contributed by atoms with Gasteiger partial charge >= 0.3 is 0 Å². The van der Waals surface area contributed by atoms with Gasteiger partial charge in [0.15, 0.2) is 9.84 Å². The second-order valence-electron chi connectivity index (χ2n) is 2.66. The lowest BCUT2D eigenvalue weighted by atomic mass is 10.5. The lowest BCUT2D eigenvalue weighted by molar-refractivity contribution is -0.128. The van der Waals surface area contributed by atoms with Crippen molar-refractivity contribution in [2.24, 2.45) is 0 Å². The van der Waals surface area contributed by atoms with Gasteiger partial charge in [-0.3, -0.25) is 4.79 Å². The van der Waals surface area contributed by atoms with Crippen molar-refractivity contribution in [1.29, 1.82) is 0 Å². The number of hydrogen-bond donors (Lipinski definition) is 0. The molecule has 64 valence electrons. The number of carbonyl (C=O) groups is 1. The van der Waals surface area contributed by atoms with Crippen molar-refractivity contribution in [3.8, 4) is 0 Å². The van der Waals surface area contributed by atoms with Crippen molar-refractivity contribution in [3.05, 3.63) is 0 Å². The first-order valence-electron chi connectivity index (χ1n) is 3.47. The first kappa shape index (κ1) is 8.52. The number of rotatable bonds is 0. The van der Waals surface area contributed by atoms with Crippen molar-refractivity contribution in [2.45, 2.75) is 6.92 Å². The molecule has 0 spiro atoms. The van der Waals surface area contributed by atoms with Gasteiger partial charge in [0.1, 0.15) is 0 Å². The van der Waals surface area contributed by atoms with Gasteiger partial charge in [-0.15, -0.1) is 0 Å². The molecular formula is C6H11NO3S. The van der Waals surface area contributed by atoms with Gasteiger partial charge in [0, 0.05) is 20.0 Å². The van der Waals surface area contributed by atoms with Crippen LogP contribution in [0.3, 0.4) is 0 Å². The summed E-state index contributed by atoms with van der Waals surface area (Å²) in [7, 11) is -2.84. The molecule has 1 saturated heterocycles. The minimum atomic E-state index is -2.84. The summed E-state index contributed by atoms with van der Waals surface area (Å²) < 4.78 is 21.8. The number of carbonyl (C=O) groups excluding carboxylic acids is 1. The predicted octanol–water partition coefficient (Wildman–Crippen LogP) is -0.737. The number of amides is 1. The van der Waals surface area contributed by atoms with Crippen molar-refractivity contribution >= 4 is 15.7 Å². The SMILES string of the molecule is CC(=O)N1CCS(=O)(=O)CC1. The molecule has 0 aromatic carbocycles. The molecule has 0 atom stereocenters. The monoisotopic (exact) mass is 177 g/mol. The Morgan fingerprint density at radius 3 is 2.09 bits per heavy atom. The van der Waals surface area contributed by atoms with Crippen LogP contribution in [-0.4, -0.2) is 43.8 Å². The van der Waals surface area contributed by atoms with Crippen molar-refractivity contribution < 1.29 is 13.2 Å². The normalized spacial score (nSPS) is 23.2. The smallest absolute Gasteiger partial charge is 0.219 e. The van der Waals surface area contributed by atoms with E-state index in [0.29, 0.717) is 13.1 Å². The van der Waals surface area contributed by atoms with Crippen LogP contribution < -0.4 is 0 Å². The third kappa shape index (κ3) is 2.18. The Morgan fingerprint density at radius 1 is 1.27 bits per heavy atom. The highest BCUT2D eigenvalue weighted by Crippen LogP contribution is 2.02. The molecule has 0 bridgehead atoms. The van der Waals surface area contributed by atoms with E-state index in [1.54, 1.807) is 4.90 Å². The zero-order valence-electron chi connectivity index (χ0n) is 6.41. The Bertz CT molecular complexity index is 243. The van der Waals surface area contributed by atoms with Crippen LogP contribution in [0.25, 0.3) is 0 Å². The second kappa shape index (κ2) is 2.81. The number of sulfone groups is 1. The lowest BCUT2D eigenvalue weighted by Crippen LogP contribution is -2.42. The fourth-order valence-corrected chi connectivity index (χ4v) is 2.23. The maximum absolute atomic E-state index is 10.9. The third-order valence-electron chi connectivity index (χ3n) is 1.79. The summed E-state index contributed by atoms with van der Waals surface area (Å²) in [6.07, 6.45) is 0. The van der Waals surface area contributed by atoms with Crippen LogP contribution >= 0.6 is 0 Å². The van der Waals surface area contributed by atoms with Crippen LogP contribution in [0.5, 0.6) is 0 Å². The number of hydrogen-bond acceptors (Lipinski definition) is 3. The molecule has 1 heterocycles. The van der Waals surface area contributed by atoms with E-state index in [4.69, 9.17) is 0 Å². The van der Waals surface area contributed by atoms with Crippen LogP contribution in [0.15, 0.2) is 0 Å². The zero-order valence-corrected chi connectivity index (χ0v) is 7.23. The first-order valence-corrected chi connectivity index (χ1v) is 5.29. The van der Waals surface area contributed by atoms with E-state index >= 15 is 0 Å². The van der Waals surface area contributed by atoms with E-state index in [9.17, 15) is 13.2 Å². The van der Waals surface area contributed by atoms with Gasteiger partial charge in [-0.05, 0) is 0 Å². The fourth-order valence-electron chi connectivity index (χ4n) is 1.03. The molecule has 0 aromatic rings. The molecule has 0 aromatic heterocycles. The Kier molecular flexibility index (Phi) is 2.17. The molecule has 1 rings (SSSR count). The van der Waals surface area contributed by atoms with Crippen LogP contribution in [0.1, 0.15) is 6.92 Å². The van der Waals surface area contributed by atoms with Crippen molar-refractivity contribution in [2.75, 3.05) is 24.6 Å². The molecular weight excluding hydrogens is 166 g/mol. The molecule has 0 saturated carbocycles. The predicted molar refractivity (Wildman–Crippen MR) is 40.9 cm³/mol. The molecule has 1 amide bonds. The Morgan fingerprint density at radius 2 is 1.73 bits per heavy atom. The van der Waals surface area contributed by atoms with Gasteiger partial charge < -0.3 is 4.90 Å². The molecule has 0 radical (unpaired) electrons. The highest BCUT2D eigenvalue weighted by molar-refractivity contribution is 7.91. The topological polar surface area (TPSA) is 54.5 Å². The summed E-state index contributed by atoms with van der Waals surface area (Å²) in [6.45, 7) is 2.17. The summed E-state index contributed by atoms with van der Waals surface area (Å²) in [5, 5.41) is 0. The average Bonchev–Trinajstić information content (AvgIpc) is 1.86. The fraction of sp³-hybridized carbons (Fsp3) is 0.833. The molecule has 5 heteroatoms. The molecule has 11 heavy (non-hydrogen) atoms. The quantitative estimate of drug-likeness (QED) is 0.490. The molecule has 0 unspecified atom stereocenters. The van der Waals surface area contributed by atoms with Crippen LogP contribution in [0, 0.1) is 0 Å². The largest absolute Gasteiger partial charge is 0.341 e. The summed E-state index contributed by atoms with van der Waals surface area (Å²) in [6, 6.07) is 0. The van der Waals surface area contributed by atoms with E-state index in [0.717, 1.165) is 0 Å². The van der Waals surface area contributed by atoms with E-state index in [1.165, 1.54) is 6.92 Å². The minimum absolute atomic E-state index is 0.0418. The van der Waals surface area contributed by atoms with E-state index in [1.807, 2.05) is 0 Å². The van der Waals surface area contributed by atoms with Crippen molar-refractivity contribution in [1.82, 2.24) is 4.90 Å². The summed E-state index contributed by atoms with van der Waals surface area (Å²) >= 11 is 0. The molecule has 0 aliphatic carbocycles. The van der Waals surface area contributed by atoms with Gasteiger partial charge in [0.25, 0.3) is 0 Å². The zero-order chi connectivity index (χ0) is 8.48. The highest BCUT2D eigenvalue weighted by atomic mass is 32.2. The maximum atomic E-state index is 10.9. The average molecular weight is 177 g/mol. The standard InChI is InChI=1S/C6H11NO3S/c1-6(8)7-2-4-11(9,10)5-3-7/h2-5H2,1H3. The van der Waals surface area contributed by atoms with Gasteiger partial charge in [-0.2, -0.15) is 0 Å². The summed E-state index contributed by atoms with van der Waals surface area (Å²) in [4.78, 5) is 12.3.